The van der Waals surface area contributed by atoms with Crippen LogP contribution in [0.15, 0.2) is 29.6 Å². The molecule has 0 saturated carbocycles. The lowest BCUT2D eigenvalue weighted by Crippen LogP contribution is -2.26. The molecular weight excluding hydrogens is 284 g/mol. The second-order valence-electron chi connectivity index (χ2n) is 4.56. The van der Waals surface area contributed by atoms with E-state index in [1.165, 1.54) is 11.3 Å². The van der Waals surface area contributed by atoms with Gasteiger partial charge in [0, 0.05) is 22.2 Å². The zero-order valence-electron chi connectivity index (χ0n) is 11.9. The Kier molecular flexibility index (Phi) is 5.09. The first kappa shape index (κ1) is 15.2. The first-order valence-corrected chi connectivity index (χ1v) is 7.41. The molecule has 2 aromatic rings. The van der Waals surface area contributed by atoms with Crippen LogP contribution in [0.2, 0.25) is 0 Å². The van der Waals surface area contributed by atoms with Gasteiger partial charge in [-0.15, -0.1) is 11.3 Å². The minimum absolute atomic E-state index is 0.120. The summed E-state index contributed by atoms with van der Waals surface area (Å²) in [4.78, 5) is 16.5. The van der Waals surface area contributed by atoms with Crippen molar-refractivity contribution in [3.63, 3.8) is 0 Å². The van der Waals surface area contributed by atoms with Crippen molar-refractivity contribution in [3.05, 3.63) is 51.5 Å². The maximum absolute atomic E-state index is 12.2. The second kappa shape index (κ2) is 7.02. The maximum atomic E-state index is 12.2. The molecule has 2 rings (SSSR count). The highest BCUT2D eigenvalue weighted by atomic mass is 32.1. The Morgan fingerprint density at radius 3 is 2.71 bits per heavy atom. The highest BCUT2D eigenvalue weighted by molar-refractivity contribution is 7.09. The van der Waals surface area contributed by atoms with Crippen molar-refractivity contribution in [3.8, 4) is 11.8 Å². The lowest BCUT2D eigenvalue weighted by Gasteiger charge is -2.11. The molecule has 1 atom stereocenters. The van der Waals surface area contributed by atoms with Gasteiger partial charge in [-0.1, -0.05) is 11.8 Å². The van der Waals surface area contributed by atoms with Crippen LogP contribution >= 0.6 is 11.3 Å². The summed E-state index contributed by atoms with van der Waals surface area (Å²) >= 11 is 1.54. The van der Waals surface area contributed by atoms with E-state index in [4.69, 9.17) is 5.11 Å². The molecule has 5 heteroatoms. The number of hydrogen-bond acceptors (Lipinski definition) is 4. The van der Waals surface area contributed by atoms with Gasteiger partial charge in [-0.25, -0.2) is 4.98 Å². The third kappa shape index (κ3) is 4.15. The molecular formula is C16H16N2O2S. The monoisotopic (exact) mass is 300 g/mol. The fourth-order valence-electron chi connectivity index (χ4n) is 1.76. The number of amides is 1. The number of aryl methyl sites for hydroxylation is 1. The zero-order chi connectivity index (χ0) is 15.2. The van der Waals surface area contributed by atoms with Gasteiger partial charge in [0.05, 0.1) is 6.04 Å². The predicted molar refractivity (Wildman–Crippen MR) is 83.1 cm³/mol. The molecule has 1 aromatic heterocycles. The van der Waals surface area contributed by atoms with Crippen molar-refractivity contribution in [1.29, 1.82) is 0 Å². The largest absolute Gasteiger partial charge is 0.384 e. The number of nitrogens with zero attached hydrogens (tertiary/aromatic N) is 1. The van der Waals surface area contributed by atoms with E-state index >= 15 is 0 Å². The van der Waals surface area contributed by atoms with E-state index in [1.54, 1.807) is 24.3 Å². The number of carbonyl (C=O) groups is 1. The molecule has 1 amide bonds. The average molecular weight is 300 g/mol. The molecule has 1 heterocycles. The summed E-state index contributed by atoms with van der Waals surface area (Å²) < 4.78 is 0. The smallest absolute Gasteiger partial charge is 0.251 e. The number of thiazole rings is 1. The highest BCUT2D eigenvalue weighted by Gasteiger charge is 2.13. The van der Waals surface area contributed by atoms with E-state index in [0.717, 1.165) is 16.3 Å². The van der Waals surface area contributed by atoms with E-state index in [2.05, 4.69) is 22.1 Å². The molecule has 0 fully saturated rings. The number of rotatable bonds is 3. The standard InChI is InChI=1S/C16H16N2O2S/c1-11-10-21-16(17-11)12(2)18-15(20)14-7-5-13(6-8-14)4-3-9-19/h5-8,10,12,19H,9H2,1-2H3,(H,18,20). The van der Waals surface area contributed by atoms with Crippen LogP contribution < -0.4 is 5.32 Å². The highest BCUT2D eigenvalue weighted by Crippen LogP contribution is 2.18. The molecule has 0 spiro atoms. The molecule has 21 heavy (non-hydrogen) atoms. The fourth-order valence-corrected chi connectivity index (χ4v) is 2.56. The quantitative estimate of drug-likeness (QED) is 0.855. The third-order valence-corrected chi connectivity index (χ3v) is 3.96. The first-order chi connectivity index (χ1) is 10.1. The third-order valence-electron chi connectivity index (χ3n) is 2.81. The molecule has 2 N–H and O–H groups in total. The van der Waals surface area contributed by atoms with Crippen molar-refractivity contribution in [2.24, 2.45) is 0 Å². The van der Waals surface area contributed by atoms with Gasteiger partial charge in [0.25, 0.3) is 5.91 Å². The van der Waals surface area contributed by atoms with Crippen LogP contribution in [0.5, 0.6) is 0 Å². The average Bonchev–Trinajstić information content (AvgIpc) is 2.92. The van der Waals surface area contributed by atoms with Crippen LogP contribution in [-0.4, -0.2) is 22.6 Å². The minimum atomic E-state index is -0.174. The van der Waals surface area contributed by atoms with Crippen LogP contribution in [0.25, 0.3) is 0 Å². The molecule has 1 aromatic carbocycles. The molecule has 0 aliphatic heterocycles. The maximum Gasteiger partial charge on any atom is 0.251 e. The van der Waals surface area contributed by atoms with Crippen molar-refractivity contribution in [2.75, 3.05) is 6.61 Å². The molecule has 0 bridgehead atoms. The van der Waals surface area contributed by atoms with Gasteiger partial charge < -0.3 is 10.4 Å². The molecule has 0 aliphatic rings. The van der Waals surface area contributed by atoms with Crippen LogP contribution in [0.1, 0.15) is 39.6 Å². The Morgan fingerprint density at radius 1 is 1.43 bits per heavy atom. The Bertz CT molecular complexity index is 680. The van der Waals surface area contributed by atoms with E-state index in [9.17, 15) is 4.79 Å². The van der Waals surface area contributed by atoms with Crippen LogP contribution in [0, 0.1) is 18.8 Å². The van der Waals surface area contributed by atoms with Crippen LogP contribution in [0.4, 0.5) is 0 Å². The van der Waals surface area contributed by atoms with E-state index in [1.807, 2.05) is 19.2 Å². The lowest BCUT2D eigenvalue weighted by molar-refractivity contribution is 0.0940. The van der Waals surface area contributed by atoms with Crippen molar-refractivity contribution < 1.29 is 9.90 Å². The zero-order valence-corrected chi connectivity index (χ0v) is 12.7. The van der Waals surface area contributed by atoms with Gasteiger partial charge in [0.1, 0.15) is 11.6 Å². The summed E-state index contributed by atoms with van der Waals surface area (Å²) in [6.45, 7) is 3.67. The summed E-state index contributed by atoms with van der Waals surface area (Å²) in [5.74, 6) is 5.22. The van der Waals surface area contributed by atoms with Crippen molar-refractivity contribution in [1.82, 2.24) is 10.3 Å². The summed E-state index contributed by atoms with van der Waals surface area (Å²) in [5.41, 5.74) is 2.30. The van der Waals surface area contributed by atoms with Gasteiger partial charge in [-0.2, -0.15) is 0 Å². The Hall–Kier alpha value is -2.16. The summed E-state index contributed by atoms with van der Waals surface area (Å²) in [6, 6.07) is 6.84. The Morgan fingerprint density at radius 2 is 2.14 bits per heavy atom. The summed E-state index contributed by atoms with van der Waals surface area (Å²) in [5, 5.41) is 14.4. The predicted octanol–water partition coefficient (Wildman–Crippen LogP) is 2.29. The Balaban J connectivity index is 2.03. The lowest BCUT2D eigenvalue weighted by atomic mass is 10.1. The molecule has 0 aliphatic carbocycles. The number of nitrogens with one attached hydrogen (secondary N) is 1. The van der Waals surface area contributed by atoms with E-state index in [0.29, 0.717) is 5.56 Å². The second-order valence-corrected chi connectivity index (χ2v) is 5.45. The van der Waals surface area contributed by atoms with Crippen molar-refractivity contribution >= 4 is 17.2 Å². The number of hydrogen-bond donors (Lipinski definition) is 2. The molecule has 4 nitrogen and oxygen atoms in total. The topological polar surface area (TPSA) is 62.2 Å². The normalized spacial score (nSPS) is 11.4. The molecule has 0 saturated heterocycles. The van der Waals surface area contributed by atoms with E-state index in [-0.39, 0.29) is 18.6 Å². The van der Waals surface area contributed by atoms with E-state index < -0.39 is 0 Å². The number of aliphatic hydroxyl groups is 1. The van der Waals surface area contributed by atoms with Gasteiger partial charge in [-0.05, 0) is 38.1 Å². The molecule has 0 radical (unpaired) electrons. The molecule has 108 valence electrons. The van der Waals surface area contributed by atoms with Gasteiger partial charge >= 0.3 is 0 Å². The number of aliphatic hydroxyl groups excluding tert-OH is 1. The Labute approximate surface area is 127 Å². The van der Waals surface area contributed by atoms with Gasteiger partial charge in [-0.3, -0.25) is 4.79 Å². The fraction of sp³-hybridized carbons (Fsp3) is 0.250. The van der Waals surface area contributed by atoms with Crippen molar-refractivity contribution in [2.45, 2.75) is 19.9 Å². The molecule has 1 unspecified atom stereocenters. The minimum Gasteiger partial charge on any atom is -0.384 e. The summed E-state index contributed by atoms with van der Waals surface area (Å²) in [6.07, 6.45) is 0. The van der Waals surface area contributed by atoms with Gasteiger partial charge in [0.15, 0.2) is 0 Å². The van der Waals surface area contributed by atoms with Crippen LogP contribution in [-0.2, 0) is 0 Å². The number of benzene rings is 1. The summed E-state index contributed by atoms with van der Waals surface area (Å²) in [7, 11) is 0. The van der Waals surface area contributed by atoms with Crippen LogP contribution in [0.3, 0.4) is 0 Å². The van der Waals surface area contributed by atoms with Gasteiger partial charge in [0.2, 0.25) is 0 Å². The number of carbonyl (C=O) groups excluding carboxylic acids is 1. The first-order valence-electron chi connectivity index (χ1n) is 6.53. The number of aromatic nitrogens is 1. The SMILES string of the molecule is Cc1csc(C(C)NC(=O)c2ccc(C#CCO)cc2)n1.